The summed E-state index contributed by atoms with van der Waals surface area (Å²) in [6.07, 6.45) is -3.57. The van der Waals surface area contributed by atoms with Gasteiger partial charge in [-0.05, 0) is 19.1 Å². The van der Waals surface area contributed by atoms with Crippen LogP contribution in [-0.4, -0.2) is 41.1 Å². The minimum Gasteiger partial charge on any atom is -0.325 e. The average Bonchev–Trinajstić information content (AvgIpc) is 2.72. The maximum Gasteiger partial charge on any atom is 0.490 e. The molecule has 0 saturated carbocycles. The fraction of sp³-hybridized carbons (Fsp3) is 0.556. The molecule has 20 heteroatoms. The van der Waals surface area contributed by atoms with Crippen LogP contribution in [0.3, 0.4) is 0 Å². The Morgan fingerprint density at radius 2 is 1.83 bits per heavy atom. The smallest absolute Gasteiger partial charge is 0.325 e. The van der Waals surface area contributed by atoms with E-state index in [2.05, 4.69) is 30.3 Å². The summed E-state index contributed by atoms with van der Waals surface area (Å²) >= 11 is 9.55. The molecule has 0 bridgehead atoms. The molecule has 5 atom stereocenters. The Labute approximate surface area is 170 Å². The highest BCUT2D eigenvalue weighted by Crippen LogP contribution is 2.67. The van der Waals surface area contributed by atoms with Crippen molar-refractivity contribution in [1.29, 1.82) is 0 Å². The van der Waals surface area contributed by atoms with Crippen LogP contribution < -0.4 is 0 Å². The van der Waals surface area contributed by atoms with Gasteiger partial charge in [-0.25, -0.2) is 22.5 Å². The van der Waals surface area contributed by atoms with Gasteiger partial charge in [0.1, 0.15) is 4.64 Å². The van der Waals surface area contributed by atoms with Crippen molar-refractivity contribution in [3.8, 4) is 0 Å². The zero-order valence-corrected chi connectivity index (χ0v) is 18.3. The van der Waals surface area contributed by atoms with Crippen molar-refractivity contribution >= 4 is 47.9 Å². The van der Waals surface area contributed by atoms with Gasteiger partial charge in [-0.1, -0.05) is 12.2 Å². The number of alkyl halides is 1. The van der Waals surface area contributed by atoms with Crippen molar-refractivity contribution in [2.75, 3.05) is 0 Å². The molecule has 2 heterocycles. The molecule has 1 saturated heterocycles. The van der Waals surface area contributed by atoms with E-state index in [1.807, 2.05) is 0 Å². The fourth-order valence-electron chi connectivity index (χ4n) is 2.26. The van der Waals surface area contributed by atoms with E-state index in [1.165, 1.54) is 0 Å². The molecule has 29 heavy (non-hydrogen) atoms. The van der Waals surface area contributed by atoms with Crippen molar-refractivity contribution < 1.29 is 59.9 Å². The Hall–Kier alpha value is -0.250. The molecule has 0 aliphatic carbocycles. The predicted molar refractivity (Wildman–Crippen MR) is 93.4 cm³/mol. The minimum absolute atomic E-state index is 0.246. The highest BCUT2D eigenvalue weighted by Gasteiger charge is 2.51. The molecule has 0 aromatic carbocycles. The van der Waals surface area contributed by atoms with Crippen LogP contribution in [0.2, 0.25) is 0 Å². The first-order valence-electron chi connectivity index (χ1n) is 7.08. The number of hydrogen-bond donors (Lipinski definition) is 5. The highest BCUT2D eigenvalue weighted by atomic mass is 32.1. The number of aromatic amines is 1. The molecule has 1 aliphatic rings. The maximum atomic E-state index is 14.9. The maximum absolute atomic E-state index is 14.9. The van der Waals surface area contributed by atoms with Crippen molar-refractivity contribution in [3.05, 3.63) is 21.4 Å². The Bertz CT molecular complexity index is 1050. The first-order valence-corrected chi connectivity index (χ1v) is 12.4. The van der Waals surface area contributed by atoms with Crippen LogP contribution >= 0.6 is 47.9 Å². The summed E-state index contributed by atoms with van der Waals surface area (Å²) in [5, 5.41) is 0. The van der Waals surface area contributed by atoms with Crippen LogP contribution in [0, 0.1) is 15.2 Å². The van der Waals surface area contributed by atoms with Crippen LogP contribution in [0.15, 0.2) is 6.20 Å². The normalized spacial score (nSPS) is 29.3. The lowest BCUT2D eigenvalue weighted by atomic mass is 10.1. The number of halogens is 2. The SMILES string of the molecule is CC1(F)C[C@@H](OP(=O)(O)OP(=O)(O)OP(=O)(O)O)O[C@H]1n1cc(F)c(=S)[nH]c1=S. The molecule has 0 spiro atoms. The Kier molecular flexibility index (Phi) is 7.21. The van der Waals surface area contributed by atoms with Gasteiger partial charge in [-0.15, -0.1) is 0 Å². The summed E-state index contributed by atoms with van der Waals surface area (Å²) in [6.45, 7) is 0.972. The second-order valence-corrected chi connectivity index (χ2v) is 10.9. The van der Waals surface area contributed by atoms with Gasteiger partial charge in [0.25, 0.3) is 0 Å². The van der Waals surface area contributed by atoms with Crippen LogP contribution in [-0.2, 0) is 31.6 Å². The second-order valence-electron chi connectivity index (χ2n) is 5.74. The molecule has 0 amide bonds. The molecule has 5 N–H and O–H groups in total. The molecular weight excluding hydrogens is 507 g/mol. The quantitative estimate of drug-likeness (QED) is 0.261. The predicted octanol–water partition coefficient (Wildman–Crippen LogP) is 2.73. The fourth-order valence-corrected chi connectivity index (χ4v) is 5.81. The van der Waals surface area contributed by atoms with Crippen molar-refractivity contribution in [2.45, 2.75) is 31.5 Å². The Balaban J connectivity index is 2.20. The molecular formula is C9H13F2N2O11P3S2. The lowest BCUT2D eigenvalue weighted by Crippen LogP contribution is -2.28. The standard InChI is InChI=1S/C9H13F2N2O11P3S2/c1-9(11)2-5(21-7(9)13-3-4(10)6(28)12-8(13)29)22-26(17,18)24-27(19,20)23-25(14,15)16/h3,5,7H,2H2,1H3,(H,17,18)(H,19,20)(H,12,28,29)(H2,14,15,16)/t5-,7-,9?/m1/s1. The zero-order valence-electron chi connectivity index (χ0n) is 13.9. The lowest BCUT2D eigenvalue weighted by molar-refractivity contribution is -0.120. The van der Waals surface area contributed by atoms with Crippen LogP contribution in [0.5, 0.6) is 0 Å². The average molecular weight is 520 g/mol. The minimum atomic E-state index is -5.76. The molecule has 1 fully saturated rings. The number of H-pyrrole nitrogens is 1. The number of aromatic nitrogens is 2. The first-order chi connectivity index (χ1) is 12.9. The monoisotopic (exact) mass is 520 g/mol. The summed E-state index contributed by atoms with van der Waals surface area (Å²) in [6, 6.07) is 0. The van der Waals surface area contributed by atoms with Gasteiger partial charge in [0.2, 0.25) is 0 Å². The number of phosphoric acid groups is 3. The van der Waals surface area contributed by atoms with E-state index in [-0.39, 0.29) is 9.41 Å². The van der Waals surface area contributed by atoms with Crippen LogP contribution in [0.1, 0.15) is 19.6 Å². The Morgan fingerprint density at radius 1 is 1.24 bits per heavy atom. The molecule has 1 aliphatic heterocycles. The molecule has 0 radical (unpaired) electrons. The van der Waals surface area contributed by atoms with Crippen LogP contribution in [0.25, 0.3) is 0 Å². The third kappa shape index (κ3) is 6.87. The van der Waals surface area contributed by atoms with E-state index in [0.29, 0.717) is 0 Å². The molecule has 3 unspecified atom stereocenters. The molecule has 166 valence electrons. The van der Waals surface area contributed by atoms with Crippen molar-refractivity contribution in [3.63, 3.8) is 0 Å². The molecule has 13 nitrogen and oxygen atoms in total. The van der Waals surface area contributed by atoms with Crippen LogP contribution in [0.4, 0.5) is 8.78 Å². The van der Waals surface area contributed by atoms with E-state index >= 15 is 0 Å². The van der Waals surface area contributed by atoms with E-state index in [9.17, 15) is 27.4 Å². The zero-order chi connectivity index (χ0) is 22.4. The van der Waals surface area contributed by atoms with Gasteiger partial charge in [0.05, 0.1) is 0 Å². The number of hydrogen-bond acceptors (Lipinski definition) is 9. The number of nitrogens with one attached hydrogen (secondary N) is 1. The number of phosphoric ester groups is 1. The topological polar surface area (TPSA) is 190 Å². The first kappa shape index (κ1) is 25.0. The second kappa shape index (κ2) is 8.36. The molecule has 1 aromatic rings. The van der Waals surface area contributed by atoms with Crippen molar-refractivity contribution in [1.82, 2.24) is 9.55 Å². The third-order valence-corrected chi connectivity index (χ3v) is 7.64. The number of ether oxygens (including phenoxy) is 1. The lowest BCUT2D eigenvalue weighted by Gasteiger charge is -2.23. The number of nitrogens with zero attached hydrogens (tertiary/aromatic N) is 1. The van der Waals surface area contributed by atoms with Gasteiger partial charge in [-0.2, -0.15) is 8.62 Å². The summed E-state index contributed by atoms with van der Waals surface area (Å²) in [7, 11) is -16.9. The molecule has 1 aromatic heterocycles. The summed E-state index contributed by atoms with van der Waals surface area (Å²) in [5.41, 5.74) is -2.35. The third-order valence-electron chi connectivity index (χ3n) is 3.21. The van der Waals surface area contributed by atoms with E-state index in [0.717, 1.165) is 17.7 Å². The van der Waals surface area contributed by atoms with Gasteiger partial charge in [-0.3, -0.25) is 9.09 Å². The van der Waals surface area contributed by atoms with Gasteiger partial charge in [0, 0.05) is 12.6 Å². The largest absolute Gasteiger partial charge is 0.490 e. The van der Waals surface area contributed by atoms with Gasteiger partial charge >= 0.3 is 23.5 Å². The van der Waals surface area contributed by atoms with E-state index < -0.39 is 53.9 Å². The van der Waals surface area contributed by atoms with Gasteiger partial charge < -0.3 is 29.3 Å². The summed E-state index contributed by atoms with van der Waals surface area (Å²) in [5.74, 6) is -0.968. The summed E-state index contributed by atoms with van der Waals surface area (Å²) in [4.78, 5) is 37.8. The van der Waals surface area contributed by atoms with E-state index in [1.54, 1.807) is 0 Å². The summed E-state index contributed by atoms with van der Waals surface area (Å²) < 4.78 is 79.1. The van der Waals surface area contributed by atoms with E-state index in [4.69, 9.17) is 31.6 Å². The Morgan fingerprint density at radius 3 is 2.38 bits per heavy atom. The highest BCUT2D eigenvalue weighted by molar-refractivity contribution is 7.72. The molecule has 2 rings (SSSR count). The number of rotatable bonds is 7. The van der Waals surface area contributed by atoms with Gasteiger partial charge in [0.15, 0.2) is 28.8 Å². The van der Waals surface area contributed by atoms with Crippen molar-refractivity contribution in [2.24, 2.45) is 0 Å².